The van der Waals surface area contributed by atoms with E-state index in [9.17, 15) is 14.9 Å². The summed E-state index contributed by atoms with van der Waals surface area (Å²) < 4.78 is 1.28. The molecule has 0 radical (unpaired) electrons. The molecule has 0 saturated carbocycles. The van der Waals surface area contributed by atoms with Crippen LogP contribution >= 0.6 is 0 Å². The van der Waals surface area contributed by atoms with Gasteiger partial charge < -0.3 is 20.7 Å². The summed E-state index contributed by atoms with van der Waals surface area (Å²) in [6.45, 7) is 3.33. The quantitative estimate of drug-likeness (QED) is 0.572. The van der Waals surface area contributed by atoms with E-state index in [1.807, 2.05) is 14.0 Å². The van der Waals surface area contributed by atoms with Crippen molar-refractivity contribution in [1.29, 1.82) is 0 Å². The van der Waals surface area contributed by atoms with Crippen LogP contribution in [0.1, 0.15) is 17.4 Å². The van der Waals surface area contributed by atoms with E-state index in [0.29, 0.717) is 18.2 Å². The average Bonchev–Trinajstić information content (AvgIpc) is 2.68. The Morgan fingerprint density at radius 1 is 1.50 bits per heavy atom. The number of carbonyl (C=O) groups excluding carboxylic acids is 1. The Balaban J connectivity index is 2.65. The largest absolute Gasteiger partial charge is 0.358 e. The van der Waals surface area contributed by atoms with E-state index < -0.39 is 4.92 Å². The van der Waals surface area contributed by atoms with Gasteiger partial charge in [0.15, 0.2) is 5.69 Å². The Labute approximate surface area is 105 Å². The molecule has 1 rings (SSSR count). The first-order valence-corrected chi connectivity index (χ1v) is 5.70. The predicted octanol–water partition coefficient (Wildman–Crippen LogP) is 0.519. The van der Waals surface area contributed by atoms with Gasteiger partial charge in [-0.2, -0.15) is 0 Å². The van der Waals surface area contributed by atoms with E-state index in [1.165, 1.54) is 23.7 Å². The first kappa shape index (κ1) is 14.2. The van der Waals surface area contributed by atoms with Crippen LogP contribution in [0.3, 0.4) is 0 Å². The lowest BCUT2D eigenvalue weighted by Gasteiger charge is -2.11. The van der Waals surface area contributed by atoms with Crippen molar-refractivity contribution >= 4 is 11.7 Å². The van der Waals surface area contributed by atoms with Crippen LogP contribution in [0, 0.1) is 16.0 Å². The molecule has 0 aliphatic rings. The molecule has 0 saturated heterocycles. The lowest BCUT2D eigenvalue weighted by Crippen LogP contribution is -2.33. The summed E-state index contributed by atoms with van der Waals surface area (Å²) in [4.78, 5) is 22.0. The third-order valence-corrected chi connectivity index (χ3v) is 2.68. The second kappa shape index (κ2) is 6.15. The van der Waals surface area contributed by atoms with Crippen LogP contribution < -0.4 is 10.6 Å². The molecule has 0 fully saturated rings. The van der Waals surface area contributed by atoms with Gasteiger partial charge in [0.25, 0.3) is 5.91 Å². The van der Waals surface area contributed by atoms with E-state index in [-0.39, 0.29) is 11.7 Å². The lowest BCUT2D eigenvalue weighted by atomic mass is 10.2. The van der Waals surface area contributed by atoms with Crippen LogP contribution in [0.2, 0.25) is 0 Å². The minimum atomic E-state index is -0.513. The molecule has 7 heteroatoms. The molecular weight excluding hydrogens is 236 g/mol. The number of rotatable bonds is 6. The third-order valence-electron chi connectivity index (χ3n) is 2.68. The van der Waals surface area contributed by atoms with Gasteiger partial charge in [0.1, 0.15) is 0 Å². The summed E-state index contributed by atoms with van der Waals surface area (Å²) in [5.74, 6) is -0.0915. The zero-order valence-corrected chi connectivity index (χ0v) is 10.8. The van der Waals surface area contributed by atoms with Gasteiger partial charge in [-0.05, 0) is 30.5 Å². The van der Waals surface area contributed by atoms with E-state index in [4.69, 9.17) is 0 Å². The first-order chi connectivity index (χ1) is 8.47. The van der Waals surface area contributed by atoms with Crippen molar-refractivity contribution in [3.8, 4) is 0 Å². The standard InChI is InChI=1S/C11H18N4O3/c1-8(6-12-2)7-13-11(16)9-4-5-10(14(9)3)15(17)18/h4-5,8,12H,6-7H2,1-3H3,(H,13,16). The molecule has 1 aromatic rings. The predicted molar refractivity (Wildman–Crippen MR) is 67.5 cm³/mol. The molecule has 18 heavy (non-hydrogen) atoms. The van der Waals surface area contributed by atoms with Gasteiger partial charge in [-0.15, -0.1) is 0 Å². The van der Waals surface area contributed by atoms with Crippen LogP contribution in [-0.4, -0.2) is 35.5 Å². The van der Waals surface area contributed by atoms with E-state index in [2.05, 4.69) is 10.6 Å². The highest BCUT2D eigenvalue weighted by Crippen LogP contribution is 2.14. The molecule has 0 bridgehead atoms. The van der Waals surface area contributed by atoms with Crippen molar-refractivity contribution in [3.63, 3.8) is 0 Å². The van der Waals surface area contributed by atoms with Crippen molar-refractivity contribution in [2.45, 2.75) is 6.92 Å². The van der Waals surface area contributed by atoms with Gasteiger partial charge in [-0.3, -0.25) is 4.79 Å². The summed E-state index contributed by atoms with van der Waals surface area (Å²) >= 11 is 0. The van der Waals surface area contributed by atoms with E-state index in [0.717, 1.165) is 6.54 Å². The summed E-state index contributed by atoms with van der Waals surface area (Å²) in [6.07, 6.45) is 0. The Bertz CT molecular complexity index is 441. The summed E-state index contributed by atoms with van der Waals surface area (Å²) in [5.41, 5.74) is 0.290. The van der Waals surface area contributed by atoms with E-state index >= 15 is 0 Å². The Hall–Kier alpha value is -1.89. The molecule has 2 N–H and O–H groups in total. The second-order valence-electron chi connectivity index (χ2n) is 4.27. The minimum Gasteiger partial charge on any atom is -0.358 e. The highest BCUT2D eigenvalue weighted by atomic mass is 16.6. The molecule has 0 spiro atoms. The van der Waals surface area contributed by atoms with Gasteiger partial charge in [-0.1, -0.05) is 6.92 Å². The number of nitrogens with one attached hydrogen (secondary N) is 2. The van der Waals surface area contributed by atoms with Gasteiger partial charge in [-0.25, -0.2) is 4.57 Å². The molecule has 1 heterocycles. The molecule has 0 aliphatic carbocycles. The zero-order chi connectivity index (χ0) is 13.7. The maximum Gasteiger partial charge on any atom is 0.323 e. The van der Waals surface area contributed by atoms with Gasteiger partial charge in [0.05, 0.1) is 7.05 Å². The Kier molecular flexibility index (Phi) is 4.85. The Morgan fingerprint density at radius 3 is 2.67 bits per heavy atom. The fraction of sp³-hybridized carbons (Fsp3) is 0.545. The van der Waals surface area contributed by atoms with Crippen molar-refractivity contribution in [1.82, 2.24) is 15.2 Å². The normalized spacial score (nSPS) is 12.2. The molecule has 1 atom stereocenters. The van der Waals surface area contributed by atoms with Crippen molar-refractivity contribution in [2.24, 2.45) is 13.0 Å². The summed E-state index contributed by atoms with van der Waals surface area (Å²) in [5, 5.41) is 16.4. The van der Waals surface area contributed by atoms with Crippen molar-refractivity contribution < 1.29 is 9.72 Å². The smallest absolute Gasteiger partial charge is 0.323 e. The van der Waals surface area contributed by atoms with Crippen LogP contribution in [-0.2, 0) is 7.05 Å². The number of aromatic nitrogens is 1. The number of hydrogen-bond donors (Lipinski definition) is 2. The number of nitrogens with zero attached hydrogens (tertiary/aromatic N) is 2. The number of amides is 1. The van der Waals surface area contributed by atoms with Crippen LogP contribution in [0.15, 0.2) is 12.1 Å². The fourth-order valence-electron chi connectivity index (χ4n) is 1.69. The summed E-state index contributed by atoms with van der Waals surface area (Å²) in [6, 6.07) is 2.78. The van der Waals surface area contributed by atoms with Crippen molar-refractivity contribution in [3.05, 3.63) is 27.9 Å². The topological polar surface area (TPSA) is 89.2 Å². The highest BCUT2D eigenvalue weighted by Gasteiger charge is 2.20. The van der Waals surface area contributed by atoms with Crippen LogP contribution in [0.4, 0.5) is 5.82 Å². The number of carbonyl (C=O) groups is 1. The monoisotopic (exact) mass is 254 g/mol. The minimum absolute atomic E-state index is 0.0941. The molecular formula is C11H18N4O3. The van der Waals surface area contributed by atoms with E-state index in [1.54, 1.807) is 0 Å². The summed E-state index contributed by atoms with van der Waals surface area (Å²) in [7, 11) is 3.35. The maximum absolute atomic E-state index is 11.8. The number of nitro groups is 1. The highest BCUT2D eigenvalue weighted by molar-refractivity contribution is 5.93. The number of hydrogen-bond acceptors (Lipinski definition) is 4. The SMILES string of the molecule is CNCC(C)CNC(=O)c1ccc([N+](=O)[O-])n1C. The molecule has 0 aromatic carbocycles. The Morgan fingerprint density at radius 2 is 2.17 bits per heavy atom. The zero-order valence-electron chi connectivity index (χ0n) is 10.8. The molecule has 1 unspecified atom stereocenters. The molecule has 0 aliphatic heterocycles. The van der Waals surface area contributed by atoms with Crippen molar-refractivity contribution in [2.75, 3.05) is 20.1 Å². The lowest BCUT2D eigenvalue weighted by molar-refractivity contribution is -0.391. The molecule has 1 amide bonds. The molecule has 1 aromatic heterocycles. The average molecular weight is 254 g/mol. The molecule has 7 nitrogen and oxygen atoms in total. The van der Waals surface area contributed by atoms with Gasteiger partial charge in [0, 0.05) is 12.6 Å². The van der Waals surface area contributed by atoms with Crippen LogP contribution in [0.25, 0.3) is 0 Å². The van der Waals surface area contributed by atoms with Gasteiger partial charge in [0.2, 0.25) is 0 Å². The second-order valence-corrected chi connectivity index (χ2v) is 4.27. The third kappa shape index (κ3) is 3.30. The van der Waals surface area contributed by atoms with Crippen LogP contribution in [0.5, 0.6) is 0 Å². The molecule has 100 valence electrons. The fourth-order valence-corrected chi connectivity index (χ4v) is 1.69. The first-order valence-electron chi connectivity index (χ1n) is 5.70. The van der Waals surface area contributed by atoms with Gasteiger partial charge >= 0.3 is 5.82 Å². The maximum atomic E-state index is 11.8.